The van der Waals surface area contributed by atoms with Crippen LogP contribution in [0.25, 0.3) is 0 Å². The topological polar surface area (TPSA) is 57.0 Å². The van der Waals surface area contributed by atoms with Crippen molar-refractivity contribution in [3.05, 3.63) is 22.2 Å². The first kappa shape index (κ1) is 15.1. The van der Waals surface area contributed by atoms with E-state index in [1.165, 1.54) is 0 Å². The molecule has 0 aromatic heterocycles. The van der Waals surface area contributed by atoms with Gasteiger partial charge in [0, 0.05) is 32.3 Å². The van der Waals surface area contributed by atoms with Crippen LogP contribution in [0.5, 0.6) is 11.5 Å². The summed E-state index contributed by atoms with van der Waals surface area (Å²) in [7, 11) is 0. The molecule has 2 heterocycles. The Morgan fingerprint density at radius 2 is 2.29 bits per heavy atom. The van der Waals surface area contributed by atoms with Gasteiger partial charge in [-0.2, -0.15) is 0 Å². The van der Waals surface area contributed by atoms with Gasteiger partial charge in [-0.3, -0.25) is 4.90 Å². The zero-order valence-electron chi connectivity index (χ0n) is 12.2. The minimum Gasteiger partial charge on any atom is -0.454 e. The number of nitrogens with zero attached hydrogens (tertiary/aromatic N) is 1. The van der Waals surface area contributed by atoms with Gasteiger partial charge in [0.1, 0.15) is 0 Å². The van der Waals surface area contributed by atoms with E-state index in [1.54, 1.807) is 0 Å². The summed E-state index contributed by atoms with van der Waals surface area (Å²) in [6.07, 6.45) is 1.27. The van der Waals surface area contributed by atoms with Gasteiger partial charge in [0.2, 0.25) is 6.79 Å². The molecule has 2 atom stereocenters. The van der Waals surface area contributed by atoms with Crippen molar-refractivity contribution in [2.24, 2.45) is 5.73 Å². The number of rotatable bonds is 3. The third-order valence-corrected chi connectivity index (χ3v) is 4.57. The quantitative estimate of drug-likeness (QED) is 0.900. The van der Waals surface area contributed by atoms with E-state index < -0.39 is 0 Å². The van der Waals surface area contributed by atoms with Crippen LogP contribution in [0.1, 0.15) is 24.9 Å². The second-order valence-electron chi connectivity index (χ2n) is 5.52. The second-order valence-corrected chi connectivity index (χ2v) is 6.37. The molecule has 0 radical (unpaired) electrons. The monoisotopic (exact) mass is 356 g/mol. The van der Waals surface area contributed by atoms with Crippen LogP contribution in [0.4, 0.5) is 0 Å². The first-order valence-corrected chi connectivity index (χ1v) is 8.13. The summed E-state index contributed by atoms with van der Waals surface area (Å²) in [5.74, 6) is 1.57. The molecular weight excluding hydrogens is 336 g/mol. The number of benzene rings is 1. The van der Waals surface area contributed by atoms with Crippen molar-refractivity contribution in [3.63, 3.8) is 0 Å². The third kappa shape index (κ3) is 3.18. The molecule has 1 aromatic rings. The minimum absolute atomic E-state index is 0.167. The lowest BCUT2D eigenvalue weighted by molar-refractivity contribution is 0.0611. The van der Waals surface area contributed by atoms with Gasteiger partial charge in [0.15, 0.2) is 11.5 Å². The fraction of sp³-hybridized carbons (Fsp3) is 0.600. The highest BCUT2D eigenvalue weighted by Crippen LogP contribution is 2.42. The molecule has 1 aromatic carbocycles. The third-order valence-electron chi connectivity index (χ3n) is 3.98. The summed E-state index contributed by atoms with van der Waals surface area (Å²) in [5, 5.41) is 0. The summed E-state index contributed by atoms with van der Waals surface area (Å²) in [5.41, 5.74) is 7.21. The SMILES string of the molecule is CC1CN(C(CN)c2cc(Br)c3c(c2)OCO3)CCCO1. The highest BCUT2D eigenvalue weighted by Gasteiger charge is 2.26. The van der Waals surface area contributed by atoms with Crippen LogP contribution in [0.2, 0.25) is 0 Å². The van der Waals surface area contributed by atoms with Crippen LogP contribution >= 0.6 is 15.9 Å². The Balaban J connectivity index is 1.87. The van der Waals surface area contributed by atoms with E-state index in [-0.39, 0.29) is 18.9 Å². The van der Waals surface area contributed by atoms with Crippen LogP contribution < -0.4 is 15.2 Å². The van der Waals surface area contributed by atoms with E-state index in [4.69, 9.17) is 19.9 Å². The van der Waals surface area contributed by atoms with Gasteiger partial charge in [-0.25, -0.2) is 0 Å². The van der Waals surface area contributed by atoms with Crippen molar-refractivity contribution >= 4 is 15.9 Å². The molecule has 0 aliphatic carbocycles. The maximum absolute atomic E-state index is 6.06. The predicted molar refractivity (Wildman–Crippen MR) is 83.7 cm³/mol. The molecule has 0 spiro atoms. The fourth-order valence-corrected chi connectivity index (χ4v) is 3.56. The summed E-state index contributed by atoms with van der Waals surface area (Å²) in [4.78, 5) is 2.40. The molecule has 3 rings (SSSR count). The molecule has 1 saturated heterocycles. The number of hydrogen-bond donors (Lipinski definition) is 1. The molecule has 2 unspecified atom stereocenters. The lowest BCUT2D eigenvalue weighted by Gasteiger charge is -2.31. The summed E-state index contributed by atoms with van der Waals surface area (Å²) >= 11 is 3.56. The lowest BCUT2D eigenvalue weighted by atomic mass is 10.0. The smallest absolute Gasteiger partial charge is 0.231 e. The number of halogens is 1. The van der Waals surface area contributed by atoms with Gasteiger partial charge >= 0.3 is 0 Å². The number of fused-ring (bicyclic) bond motifs is 1. The summed E-state index contributed by atoms with van der Waals surface area (Å²) < 4.78 is 17.6. The standard InChI is InChI=1S/C15H21BrN2O3/c1-10-8-18(3-2-4-19-10)13(7-17)11-5-12(16)15-14(6-11)20-9-21-15/h5-6,10,13H,2-4,7-9,17H2,1H3. The van der Waals surface area contributed by atoms with Crippen molar-refractivity contribution < 1.29 is 14.2 Å². The Morgan fingerprint density at radius 1 is 1.43 bits per heavy atom. The fourth-order valence-electron chi connectivity index (χ4n) is 2.99. The molecule has 0 saturated carbocycles. The van der Waals surface area contributed by atoms with Crippen molar-refractivity contribution in [1.82, 2.24) is 4.90 Å². The molecule has 0 amide bonds. The molecule has 5 nitrogen and oxygen atoms in total. The van der Waals surface area contributed by atoms with Gasteiger partial charge in [-0.1, -0.05) is 0 Å². The van der Waals surface area contributed by atoms with Crippen LogP contribution in [0.15, 0.2) is 16.6 Å². The van der Waals surface area contributed by atoms with Gasteiger partial charge in [-0.05, 0) is 47.0 Å². The van der Waals surface area contributed by atoms with E-state index in [9.17, 15) is 0 Å². The van der Waals surface area contributed by atoms with Crippen molar-refractivity contribution in [2.45, 2.75) is 25.5 Å². The van der Waals surface area contributed by atoms with Crippen LogP contribution in [-0.4, -0.2) is 44.0 Å². The van der Waals surface area contributed by atoms with Gasteiger partial charge in [0.05, 0.1) is 10.6 Å². The normalized spacial score (nSPS) is 23.9. The Morgan fingerprint density at radius 3 is 3.10 bits per heavy atom. The van der Waals surface area contributed by atoms with Crippen molar-refractivity contribution in [2.75, 3.05) is 33.0 Å². The first-order valence-electron chi connectivity index (χ1n) is 7.34. The Hall–Kier alpha value is -0.820. The maximum Gasteiger partial charge on any atom is 0.231 e. The first-order chi connectivity index (χ1) is 10.2. The zero-order valence-corrected chi connectivity index (χ0v) is 13.8. The lowest BCUT2D eigenvalue weighted by Crippen LogP contribution is -2.37. The van der Waals surface area contributed by atoms with Crippen LogP contribution in [0.3, 0.4) is 0 Å². The molecular formula is C15H21BrN2O3. The molecule has 6 heteroatoms. The predicted octanol–water partition coefficient (Wildman–Crippen LogP) is 2.29. The molecule has 2 aliphatic heterocycles. The van der Waals surface area contributed by atoms with E-state index in [2.05, 4.69) is 33.8 Å². The molecule has 0 bridgehead atoms. The highest BCUT2D eigenvalue weighted by atomic mass is 79.9. The van der Waals surface area contributed by atoms with Crippen molar-refractivity contribution in [1.29, 1.82) is 0 Å². The number of ether oxygens (including phenoxy) is 3. The van der Waals surface area contributed by atoms with E-state index in [0.29, 0.717) is 6.54 Å². The number of nitrogens with two attached hydrogens (primary N) is 1. The maximum atomic E-state index is 6.06. The average Bonchev–Trinajstić information content (AvgIpc) is 2.83. The zero-order chi connectivity index (χ0) is 14.8. The van der Waals surface area contributed by atoms with Gasteiger partial charge in [0.25, 0.3) is 0 Å². The van der Waals surface area contributed by atoms with Gasteiger partial charge in [-0.15, -0.1) is 0 Å². The van der Waals surface area contributed by atoms with Crippen LogP contribution in [0, 0.1) is 0 Å². The Labute approximate surface area is 133 Å². The average molecular weight is 357 g/mol. The van der Waals surface area contributed by atoms with Gasteiger partial charge < -0.3 is 19.9 Å². The largest absolute Gasteiger partial charge is 0.454 e. The molecule has 1 fully saturated rings. The Kier molecular flexibility index (Phi) is 4.69. The van der Waals surface area contributed by atoms with Crippen molar-refractivity contribution in [3.8, 4) is 11.5 Å². The molecule has 2 aliphatic rings. The van der Waals surface area contributed by atoms with E-state index in [0.717, 1.165) is 47.7 Å². The second kappa shape index (κ2) is 6.52. The molecule has 21 heavy (non-hydrogen) atoms. The number of hydrogen-bond acceptors (Lipinski definition) is 5. The Bertz CT molecular complexity index is 512. The summed E-state index contributed by atoms with van der Waals surface area (Å²) in [6, 6.07) is 4.29. The van der Waals surface area contributed by atoms with E-state index >= 15 is 0 Å². The highest BCUT2D eigenvalue weighted by molar-refractivity contribution is 9.10. The summed E-state index contributed by atoms with van der Waals surface area (Å²) in [6.45, 7) is 5.67. The molecule has 2 N–H and O–H groups in total. The molecule has 116 valence electrons. The van der Waals surface area contributed by atoms with E-state index in [1.807, 2.05) is 6.07 Å². The van der Waals surface area contributed by atoms with Crippen LogP contribution in [-0.2, 0) is 4.74 Å². The minimum atomic E-state index is 0.167.